The molecule has 0 spiro atoms. The summed E-state index contributed by atoms with van der Waals surface area (Å²) >= 11 is 0. The van der Waals surface area contributed by atoms with Gasteiger partial charge in [-0.05, 0) is 47.5 Å². The van der Waals surface area contributed by atoms with E-state index in [0.717, 1.165) is 41.7 Å². The molecule has 1 amide bonds. The van der Waals surface area contributed by atoms with Gasteiger partial charge < -0.3 is 14.4 Å². The summed E-state index contributed by atoms with van der Waals surface area (Å²) in [6.45, 7) is 6.79. The predicted molar refractivity (Wildman–Crippen MR) is 139 cm³/mol. The molecule has 3 aromatic carbocycles. The molecule has 5 rings (SSSR count). The monoisotopic (exact) mass is 487 g/mol. The third-order valence-electron chi connectivity index (χ3n) is 7.29. The lowest BCUT2D eigenvalue weighted by Crippen LogP contribution is -2.48. The fourth-order valence-corrected chi connectivity index (χ4v) is 5.23. The molecule has 1 saturated heterocycles. The highest BCUT2D eigenvalue weighted by Crippen LogP contribution is 2.36. The Bertz CT molecular complexity index is 1340. The van der Waals surface area contributed by atoms with Crippen LogP contribution in [-0.2, 0) is 11.3 Å². The van der Waals surface area contributed by atoms with Gasteiger partial charge >= 0.3 is 0 Å². The molecular weight excluding hydrogens is 456 g/mol. The van der Waals surface area contributed by atoms with Gasteiger partial charge in [0.2, 0.25) is 5.91 Å². The zero-order valence-electron chi connectivity index (χ0n) is 20.5. The lowest BCUT2D eigenvalue weighted by molar-refractivity contribution is -0.133. The van der Waals surface area contributed by atoms with E-state index in [1.807, 2.05) is 41.4 Å². The van der Waals surface area contributed by atoms with E-state index in [9.17, 15) is 9.18 Å². The summed E-state index contributed by atoms with van der Waals surface area (Å²) in [6, 6.07) is 21.2. The van der Waals surface area contributed by atoms with Crippen LogP contribution < -0.4 is 0 Å². The highest BCUT2D eigenvalue weighted by molar-refractivity contribution is 5.87. The number of para-hydroxylation sites is 1. The van der Waals surface area contributed by atoms with E-state index >= 15 is 4.39 Å². The van der Waals surface area contributed by atoms with Gasteiger partial charge in [-0.25, -0.2) is 8.78 Å². The van der Waals surface area contributed by atoms with Crippen molar-refractivity contribution in [3.05, 3.63) is 107 Å². The van der Waals surface area contributed by atoms with E-state index in [1.54, 1.807) is 24.3 Å². The molecule has 1 aliphatic heterocycles. The van der Waals surface area contributed by atoms with Crippen LogP contribution in [0.25, 0.3) is 10.9 Å². The van der Waals surface area contributed by atoms with E-state index in [0.29, 0.717) is 25.2 Å². The van der Waals surface area contributed by atoms with E-state index in [1.165, 1.54) is 18.2 Å². The van der Waals surface area contributed by atoms with Crippen LogP contribution in [0.1, 0.15) is 36.0 Å². The van der Waals surface area contributed by atoms with Gasteiger partial charge in [0.05, 0.1) is 0 Å². The molecule has 1 aliphatic rings. The molecule has 0 radical (unpaired) electrons. The Kier molecular flexibility index (Phi) is 7.14. The summed E-state index contributed by atoms with van der Waals surface area (Å²) in [6.07, 6.45) is 2.24. The maximum Gasteiger partial charge on any atom is 0.223 e. The zero-order valence-corrected chi connectivity index (χ0v) is 20.5. The van der Waals surface area contributed by atoms with Crippen LogP contribution in [-0.4, -0.2) is 53.0 Å². The van der Waals surface area contributed by atoms with Gasteiger partial charge in [0.15, 0.2) is 0 Å². The number of rotatable bonds is 7. The van der Waals surface area contributed by atoms with Crippen molar-refractivity contribution in [2.75, 3.05) is 32.7 Å². The number of fused-ring (bicyclic) bond motifs is 1. The summed E-state index contributed by atoms with van der Waals surface area (Å²) in [5.41, 5.74) is 3.43. The average molecular weight is 488 g/mol. The molecule has 0 bridgehead atoms. The Morgan fingerprint density at radius 2 is 1.56 bits per heavy atom. The van der Waals surface area contributed by atoms with Crippen molar-refractivity contribution in [3.8, 4) is 0 Å². The van der Waals surface area contributed by atoms with Crippen molar-refractivity contribution >= 4 is 16.8 Å². The maximum atomic E-state index is 15.1. The number of halogens is 2. The molecule has 0 aliphatic carbocycles. The minimum Gasteiger partial charge on any atom is -0.343 e. The van der Waals surface area contributed by atoms with Gasteiger partial charge in [0.1, 0.15) is 11.6 Å². The number of nitrogens with zero attached hydrogens (tertiary/aromatic N) is 3. The highest BCUT2D eigenvalue weighted by atomic mass is 19.1. The second kappa shape index (κ2) is 10.6. The predicted octanol–water partition coefficient (Wildman–Crippen LogP) is 5.65. The first kappa shape index (κ1) is 24.2. The lowest BCUT2D eigenvalue weighted by Gasteiger charge is -2.35. The van der Waals surface area contributed by atoms with Gasteiger partial charge in [-0.2, -0.15) is 0 Å². The first-order valence-corrected chi connectivity index (χ1v) is 12.6. The summed E-state index contributed by atoms with van der Waals surface area (Å²) in [5, 5.41) is 0.997. The number of carbonyl (C=O) groups excluding carboxylic acids is 1. The number of piperazine rings is 1. The summed E-state index contributed by atoms with van der Waals surface area (Å²) in [7, 11) is 0. The molecular formula is C30H31F2N3O. The van der Waals surface area contributed by atoms with E-state index in [4.69, 9.17) is 0 Å². The molecule has 36 heavy (non-hydrogen) atoms. The van der Waals surface area contributed by atoms with Gasteiger partial charge in [-0.15, -0.1) is 0 Å². The second-order valence-electron chi connectivity index (χ2n) is 9.45. The largest absolute Gasteiger partial charge is 0.343 e. The summed E-state index contributed by atoms with van der Waals surface area (Å²) < 4.78 is 30.7. The summed E-state index contributed by atoms with van der Waals surface area (Å²) in [5.74, 6) is -0.937. The van der Waals surface area contributed by atoms with Gasteiger partial charge in [0.25, 0.3) is 0 Å². The molecule has 1 aromatic heterocycles. The number of benzene rings is 3. The van der Waals surface area contributed by atoms with Crippen molar-refractivity contribution in [2.24, 2.45) is 0 Å². The number of carbonyl (C=O) groups is 1. The first-order chi connectivity index (χ1) is 17.5. The average Bonchev–Trinajstić information content (AvgIpc) is 3.27. The van der Waals surface area contributed by atoms with E-state index in [2.05, 4.69) is 16.4 Å². The Hall–Kier alpha value is -3.51. The third-order valence-corrected chi connectivity index (χ3v) is 7.29. The molecule has 0 N–H and O–H groups in total. The van der Waals surface area contributed by atoms with Crippen LogP contribution in [0, 0.1) is 11.6 Å². The van der Waals surface area contributed by atoms with Crippen molar-refractivity contribution < 1.29 is 13.6 Å². The molecule has 4 aromatic rings. The number of hydrogen-bond acceptors (Lipinski definition) is 2. The molecule has 4 nitrogen and oxygen atoms in total. The van der Waals surface area contributed by atoms with Gasteiger partial charge in [-0.1, -0.05) is 55.5 Å². The number of aromatic nitrogens is 1. The third kappa shape index (κ3) is 5.05. The van der Waals surface area contributed by atoms with Gasteiger partial charge in [-0.3, -0.25) is 4.79 Å². The minimum absolute atomic E-state index is 0.0503. The van der Waals surface area contributed by atoms with Crippen molar-refractivity contribution in [1.29, 1.82) is 0 Å². The van der Waals surface area contributed by atoms with E-state index in [-0.39, 0.29) is 24.0 Å². The number of likely N-dealkylation sites (N-methyl/N-ethyl adjacent to an activating group) is 1. The lowest BCUT2D eigenvalue weighted by atomic mass is 9.87. The topological polar surface area (TPSA) is 28.5 Å². The normalized spacial score (nSPS) is 15.4. The van der Waals surface area contributed by atoms with Crippen molar-refractivity contribution in [2.45, 2.75) is 25.8 Å². The van der Waals surface area contributed by atoms with Crippen LogP contribution in [0.5, 0.6) is 0 Å². The van der Waals surface area contributed by atoms with Crippen LogP contribution in [0.4, 0.5) is 8.78 Å². The molecule has 0 unspecified atom stereocenters. The molecule has 0 saturated carbocycles. The fourth-order valence-electron chi connectivity index (χ4n) is 5.23. The molecule has 2 heterocycles. The highest BCUT2D eigenvalue weighted by Gasteiger charge is 2.28. The number of hydrogen-bond donors (Lipinski definition) is 0. The Balaban J connectivity index is 1.52. The Morgan fingerprint density at radius 1 is 0.861 bits per heavy atom. The second-order valence-corrected chi connectivity index (χ2v) is 9.45. The Labute approximate surface area is 210 Å². The summed E-state index contributed by atoms with van der Waals surface area (Å²) in [4.78, 5) is 17.7. The van der Waals surface area contributed by atoms with Crippen LogP contribution in [0.3, 0.4) is 0 Å². The van der Waals surface area contributed by atoms with Crippen molar-refractivity contribution in [1.82, 2.24) is 14.4 Å². The zero-order chi connectivity index (χ0) is 25.1. The smallest absolute Gasteiger partial charge is 0.223 e. The molecule has 1 atom stereocenters. The van der Waals surface area contributed by atoms with Crippen molar-refractivity contribution in [3.63, 3.8) is 0 Å². The fraction of sp³-hybridized carbons (Fsp3) is 0.300. The molecule has 1 fully saturated rings. The van der Waals surface area contributed by atoms with E-state index < -0.39 is 5.92 Å². The van der Waals surface area contributed by atoms with Crippen LogP contribution >= 0.6 is 0 Å². The first-order valence-electron chi connectivity index (χ1n) is 12.6. The molecule has 6 heteroatoms. The Morgan fingerprint density at radius 3 is 2.28 bits per heavy atom. The standard InChI is InChI=1S/C30H31F2N3O/c1-2-33-15-17-34(18-16-33)30(36)19-26(24-7-3-5-9-28(24)32)27-21-35(29-10-6-4-8-25(27)29)20-22-11-13-23(31)14-12-22/h3-14,21,26H,2,15-20H2,1H3/t26-/m1/s1. The maximum absolute atomic E-state index is 15.1. The van der Waals surface area contributed by atoms with Crippen LogP contribution in [0.2, 0.25) is 0 Å². The van der Waals surface area contributed by atoms with Gasteiger partial charge in [0, 0.05) is 62.2 Å². The minimum atomic E-state index is -0.415. The SMILES string of the molecule is CCN1CCN(C(=O)C[C@H](c2ccccc2F)c2cn(Cc3ccc(F)cc3)c3ccccc23)CC1. The quantitative estimate of drug-likeness (QED) is 0.337. The van der Waals surface area contributed by atoms with Crippen LogP contribution in [0.15, 0.2) is 79.0 Å². The molecule has 186 valence electrons. The number of amides is 1.